The molecular formula is C10H11N3O2S2. The van der Waals surface area contributed by atoms with Gasteiger partial charge in [0.1, 0.15) is 6.33 Å². The number of nitrogens with zero attached hydrogens (tertiary/aromatic N) is 3. The second-order valence-electron chi connectivity index (χ2n) is 3.50. The molecule has 2 rings (SSSR count). The minimum Gasteiger partial charge on any atom is -0.481 e. The van der Waals surface area contributed by atoms with Crippen LogP contribution in [0.4, 0.5) is 0 Å². The van der Waals surface area contributed by atoms with E-state index >= 15 is 0 Å². The maximum atomic E-state index is 10.5. The van der Waals surface area contributed by atoms with Gasteiger partial charge in [-0.05, 0) is 28.8 Å². The molecule has 2 aromatic rings. The van der Waals surface area contributed by atoms with E-state index in [1.54, 1.807) is 17.7 Å². The van der Waals surface area contributed by atoms with E-state index in [9.17, 15) is 4.79 Å². The van der Waals surface area contributed by atoms with E-state index < -0.39 is 5.97 Å². The zero-order valence-corrected chi connectivity index (χ0v) is 10.8. The molecule has 0 aliphatic rings. The summed E-state index contributed by atoms with van der Waals surface area (Å²) in [7, 11) is 0. The topological polar surface area (TPSA) is 68.0 Å². The first kappa shape index (κ1) is 12.1. The van der Waals surface area contributed by atoms with Crippen LogP contribution in [0.2, 0.25) is 0 Å². The van der Waals surface area contributed by atoms with E-state index in [1.165, 1.54) is 22.9 Å². The lowest BCUT2D eigenvalue weighted by Gasteiger charge is -2.04. The highest BCUT2D eigenvalue weighted by Crippen LogP contribution is 2.19. The molecule has 0 aliphatic carbocycles. The van der Waals surface area contributed by atoms with Crippen molar-refractivity contribution in [2.24, 2.45) is 0 Å². The van der Waals surface area contributed by atoms with Crippen LogP contribution < -0.4 is 0 Å². The van der Waals surface area contributed by atoms with Gasteiger partial charge in [0.15, 0.2) is 5.16 Å². The fourth-order valence-corrected chi connectivity index (χ4v) is 2.81. The molecule has 0 radical (unpaired) electrons. The van der Waals surface area contributed by atoms with Crippen molar-refractivity contribution < 1.29 is 9.90 Å². The quantitative estimate of drug-likeness (QED) is 0.839. The maximum Gasteiger partial charge on any atom is 0.313 e. The van der Waals surface area contributed by atoms with Crippen molar-refractivity contribution in [1.29, 1.82) is 0 Å². The monoisotopic (exact) mass is 269 g/mol. The molecule has 7 heteroatoms. The van der Waals surface area contributed by atoms with E-state index in [4.69, 9.17) is 5.11 Å². The van der Waals surface area contributed by atoms with E-state index in [0.717, 1.165) is 0 Å². The van der Waals surface area contributed by atoms with Gasteiger partial charge in [-0.1, -0.05) is 11.8 Å². The molecule has 0 unspecified atom stereocenters. The second kappa shape index (κ2) is 5.33. The number of carboxylic acids is 1. The Hall–Kier alpha value is -1.34. The lowest BCUT2D eigenvalue weighted by molar-refractivity contribution is -0.133. The van der Waals surface area contributed by atoms with Crippen molar-refractivity contribution in [2.45, 2.75) is 18.6 Å². The van der Waals surface area contributed by atoms with Crippen molar-refractivity contribution in [3.8, 4) is 0 Å². The molecule has 0 spiro atoms. The molecule has 5 nitrogen and oxygen atoms in total. The summed E-state index contributed by atoms with van der Waals surface area (Å²) in [6.07, 6.45) is 1.63. The average molecular weight is 269 g/mol. The van der Waals surface area contributed by atoms with Gasteiger partial charge in [-0.3, -0.25) is 4.79 Å². The summed E-state index contributed by atoms with van der Waals surface area (Å²) in [4.78, 5) is 10.5. The van der Waals surface area contributed by atoms with Gasteiger partial charge in [-0.2, -0.15) is 11.3 Å². The van der Waals surface area contributed by atoms with Gasteiger partial charge in [-0.15, -0.1) is 10.2 Å². The smallest absolute Gasteiger partial charge is 0.313 e. The van der Waals surface area contributed by atoms with E-state index in [2.05, 4.69) is 27.9 Å². The summed E-state index contributed by atoms with van der Waals surface area (Å²) in [6, 6.07) is 0. The van der Waals surface area contributed by atoms with Crippen LogP contribution in [0.1, 0.15) is 11.1 Å². The van der Waals surface area contributed by atoms with Crippen LogP contribution in [0.3, 0.4) is 0 Å². The van der Waals surface area contributed by atoms with Crippen molar-refractivity contribution in [1.82, 2.24) is 14.8 Å². The first-order chi connectivity index (χ1) is 8.16. The third-order valence-electron chi connectivity index (χ3n) is 2.21. The highest BCUT2D eigenvalue weighted by molar-refractivity contribution is 7.99. The Morgan fingerprint density at radius 3 is 3.06 bits per heavy atom. The third kappa shape index (κ3) is 3.07. The number of thioether (sulfide) groups is 1. The zero-order valence-electron chi connectivity index (χ0n) is 9.16. The summed E-state index contributed by atoms with van der Waals surface area (Å²) in [6.45, 7) is 2.74. The van der Waals surface area contributed by atoms with Gasteiger partial charge in [0.25, 0.3) is 0 Å². The van der Waals surface area contributed by atoms with E-state index in [1.807, 2.05) is 4.57 Å². The number of aromatic nitrogens is 3. The van der Waals surface area contributed by atoms with Gasteiger partial charge >= 0.3 is 5.97 Å². The molecule has 0 fully saturated rings. The molecule has 90 valence electrons. The maximum absolute atomic E-state index is 10.5. The summed E-state index contributed by atoms with van der Waals surface area (Å²) < 4.78 is 1.86. The largest absolute Gasteiger partial charge is 0.481 e. The van der Waals surface area contributed by atoms with Gasteiger partial charge in [-0.25, -0.2) is 0 Å². The molecule has 0 saturated carbocycles. The van der Waals surface area contributed by atoms with Crippen LogP contribution in [0.15, 0.2) is 22.2 Å². The van der Waals surface area contributed by atoms with Crippen LogP contribution in [0, 0.1) is 6.92 Å². The summed E-state index contributed by atoms with van der Waals surface area (Å²) >= 11 is 2.84. The number of aryl methyl sites for hydroxylation is 1. The number of hydrogen-bond donors (Lipinski definition) is 1. The minimum absolute atomic E-state index is 0.00130. The Balaban J connectivity index is 2.09. The highest BCUT2D eigenvalue weighted by Gasteiger charge is 2.09. The lowest BCUT2D eigenvalue weighted by atomic mass is 10.2. The first-order valence-corrected chi connectivity index (χ1v) is 6.83. The van der Waals surface area contributed by atoms with Crippen LogP contribution in [-0.2, 0) is 11.3 Å². The Morgan fingerprint density at radius 1 is 1.59 bits per heavy atom. The van der Waals surface area contributed by atoms with Crippen molar-refractivity contribution in [3.05, 3.63) is 28.2 Å². The van der Waals surface area contributed by atoms with Crippen LogP contribution in [0.5, 0.6) is 0 Å². The first-order valence-electron chi connectivity index (χ1n) is 4.91. The number of hydrogen-bond acceptors (Lipinski definition) is 5. The summed E-state index contributed by atoms with van der Waals surface area (Å²) in [5, 5.41) is 21.2. The Morgan fingerprint density at radius 2 is 2.41 bits per heavy atom. The molecule has 2 heterocycles. The van der Waals surface area contributed by atoms with Crippen molar-refractivity contribution in [3.63, 3.8) is 0 Å². The van der Waals surface area contributed by atoms with Gasteiger partial charge in [0, 0.05) is 0 Å². The van der Waals surface area contributed by atoms with Gasteiger partial charge in [0.2, 0.25) is 0 Å². The van der Waals surface area contributed by atoms with Crippen LogP contribution >= 0.6 is 23.1 Å². The standard InChI is InChI=1S/C10H11N3O2S2/c1-7-3-16-4-8(7)2-13-6-11-12-10(13)17-5-9(14)15/h3-4,6H,2,5H2,1H3,(H,14,15). The third-order valence-corrected chi connectivity index (χ3v) is 4.08. The molecule has 0 saturated heterocycles. The number of carbonyl (C=O) groups is 1. The van der Waals surface area contributed by atoms with Crippen LogP contribution in [0.25, 0.3) is 0 Å². The SMILES string of the molecule is Cc1cscc1Cn1cnnc1SCC(=O)O. The van der Waals surface area contributed by atoms with E-state index in [-0.39, 0.29) is 5.75 Å². The van der Waals surface area contributed by atoms with Gasteiger partial charge < -0.3 is 9.67 Å². The van der Waals surface area contributed by atoms with Crippen molar-refractivity contribution in [2.75, 3.05) is 5.75 Å². The molecule has 1 N–H and O–H groups in total. The fourth-order valence-electron chi connectivity index (χ4n) is 1.32. The fraction of sp³-hybridized carbons (Fsp3) is 0.300. The lowest BCUT2D eigenvalue weighted by Crippen LogP contribution is -2.03. The number of aliphatic carboxylic acids is 1. The number of carboxylic acid groups (broad SMARTS) is 1. The normalized spacial score (nSPS) is 10.6. The Labute approximate surface area is 106 Å². The zero-order chi connectivity index (χ0) is 12.3. The van der Waals surface area contributed by atoms with E-state index in [0.29, 0.717) is 11.7 Å². The average Bonchev–Trinajstić information content (AvgIpc) is 2.87. The molecule has 2 aromatic heterocycles. The molecule has 0 amide bonds. The van der Waals surface area contributed by atoms with Crippen molar-refractivity contribution >= 4 is 29.1 Å². The predicted octanol–water partition coefficient (Wildman–Crippen LogP) is 1.87. The molecule has 0 bridgehead atoms. The predicted molar refractivity (Wildman–Crippen MR) is 66.5 cm³/mol. The van der Waals surface area contributed by atoms with Crippen LogP contribution in [-0.4, -0.2) is 31.6 Å². The number of rotatable bonds is 5. The number of thiophene rings is 1. The molecule has 0 atom stereocenters. The summed E-state index contributed by atoms with van der Waals surface area (Å²) in [5.74, 6) is -0.849. The van der Waals surface area contributed by atoms with Gasteiger partial charge in [0.05, 0.1) is 12.3 Å². The molecular weight excluding hydrogens is 258 g/mol. The Kier molecular flexibility index (Phi) is 3.80. The second-order valence-corrected chi connectivity index (χ2v) is 5.19. The molecule has 0 aliphatic heterocycles. The highest BCUT2D eigenvalue weighted by atomic mass is 32.2. The summed E-state index contributed by atoms with van der Waals surface area (Å²) in [5.41, 5.74) is 2.45. The Bertz CT molecular complexity index is 521. The molecule has 17 heavy (non-hydrogen) atoms. The minimum atomic E-state index is -0.851. The molecule has 0 aromatic carbocycles.